The Labute approximate surface area is 117 Å². The van der Waals surface area contributed by atoms with Crippen molar-refractivity contribution < 1.29 is 13.9 Å². The minimum Gasteiger partial charge on any atom is -0.461 e. The minimum atomic E-state index is -0.450. The molecule has 0 radical (unpaired) electrons. The highest BCUT2D eigenvalue weighted by Crippen LogP contribution is 2.13. The lowest BCUT2D eigenvalue weighted by Gasteiger charge is -2.06. The van der Waals surface area contributed by atoms with E-state index in [0.29, 0.717) is 5.56 Å². The molecule has 2 aromatic carbocycles. The van der Waals surface area contributed by atoms with Crippen LogP contribution in [-0.4, -0.2) is 5.97 Å². The number of carbonyl (C=O) groups excluding carboxylic acids is 1. The van der Waals surface area contributed by atoms with Gasteiger partial charge in [0, 0.05) is 0 Å². The van der Waals surface area contributed by atoms with Crippen LogP contribution in [0.1, 0.15) is 16.7 Å². The van der Waals surface area contributed by atoms with Gasteiger partial charge in [0.1, 0.15) is 12.4 Å². The molecule has 0 aromatic heterocycles. The molecule has 0 aliphatic heterocycles. The van der Waals surface area contributed by atoms with Crippen LogP contribution < -0.4 is 0 Å². The number of hydrogen-bond acceptors (Lipinski definition) is 2. The van der Waals surface area contributed by atoms with Crippen LogP contribution in [0.2, 0.25) is 0 Å². The van der Waals surface area contributed by atoms with E-state index in [1.165, 1.54) is 6.07 Å². The second kappa shape index (κ2) is 6.66. The molecule has 0 aliphatic rings. The molecule has 2 aromatic rings. The number of rotatable bonds is 5. The molecule has 0 amide bonds. The fraction of sp³-hybridized carbons (Fsp3) is 0.118. The molecule has 0 saturated heterocycles. The van der Waals surface area contributed by atoms with Crippen molar-refractivity contribution in [2.45, 2.75) is 13.0 Å². The van der Waals surface area contributed by atoms with Gasteiger partial charge < -0.3 is 4.74 Å². The second-order valence-electron chi connectivity index (χ2n) is 4.38. The molecule has 0 fully saturated rings. The molecule has 0 saturated carbocycles. The van der Waals surface area contributed by atoms with Crippen LogP contribution in [0.5, 0.6) is 0 Å². The summed E-state index contributed by atoms with van der Waals surface area (Å²) in [5.74, 6) is -0.860. The van der Waals surface area contributed by atoms with E-state index in [0.717, 1.165) is 11.1 Å². The van der Waals surface area contributed by atoms with Gasteiger partial charge in [0.15, 0.2) is 0 Å². The van der Waals surface area contributed by atoms with E-state index in [2.05, 4.69) is 6.58 Å². The van der Waals surface area contributed by atoms with Gasteiger partial charge in [-0.1, -0.05) is 49.1 Å². The van der Waals surface area contributed by atoms with Crippen LogP contribution in [0, 0.1) is 5.82 Å². The van der Waals surface area contributed by atoms with Crippen LogP contribution >= 0.6 is 0 Å². The van der Waals surface area contributed by atoms with Crippen molar-refractivity contribution in [1.82, 2.24) is 0 Å². The lowest BCUT2D eigenvalue weighted by Crippen LogP contribution is -2.09. The van der Waals surface area contributed by atoms with Gasteiger partial charge >= 0.3 is 5.97 Å². The molecule has 0 heterocycles. The minimum absolute atomic E-state index is 0.0830. The van der Waals surface area contributed by atoms with Gasteiger partial charge in [0.05, 0.1) is 6.42 Å². The Morgan fingerprint density at radius 2 is 1.95 bits per heavy atom. The summed E-state index contributed by atoms with van der Waals surface area (Å²) in [4.78, 5) is 11.7. The van der Waals surface area contributed by atoms with Crippen LogP contribution in [0.25, 0.3) is 6.08 Å². The predicted molar refractivity (Wildman–Crippen MR) is 76.4 cm³/mol. The number of carbonyl (C=O) groups is 1. The molecule has 102 valence electrons. The molecule has 0 unspecified atom stereocenters. The average molecular weight is 270 g/mol. The van der Waals surface area contributed by atoms with Crippen molar-refractivity contribution in [1.29, 1.82) is 0 Å². The largest absolute Gasteiger partial charge is 0.461 e. The number of ether oxygens (including phenoxy) is 1. The quantitative estimate of drug-likeness (QED) is 0.773. The fourth-order valence-electron chi connectivity index (χ4n) is 1.80. The molecule has 0 bridgehead atoms. The Hall–Kier alpha value is -2.42. The Kier molecular flexibility index (Phi) is 4.66. The van der Waals surface area contributed by atoms with Crippen molar-refractivity contribution in [2.75, 3.05) is 0 Å². The maximum Gasteiger partial charge on any atom is 0.310 e. The van der Waals surface area contributed by atoms with Crippen LogP contribution in [0.15, 0.2) is 55.1 Å². The SMILES string of the molecule is C=Cc1ccc(F)c(CC(=O)OCc2ccccc2)c1. The Morgan fingerprint density at radius 1 is 1.20 bits per heavy atom. The zero-order valence-electron chi connectivity index (χ0n) is 11.0. The van der Waals surface area contributed by atoms with Gasteiger partial charge in [-0.05, 0) is 28.8 Å². The zero-order chi connectivity index (χ0) is 14.4. The summed E-state index contributed by atoms with van der Waals surface area (Å²) in [6.07, 6.45) is 1.53. The molecule has 0 N–H and O–H groups in total. The van der Waals surface area contributed by atoms with E-state index in [1.54, 1.807) is 18.2 Å². The third kappa shape index (κ3) is 3.79. The van der Waals surface area contributed by atoms with Gasteiger partial charge in [0.25, 0.3) is 0 Å². The van der Waals surface area contributed by atoms with Crippen LogP contribution in [-0.2, 0) is 22.6 Å². The molecule has 2 rings (SSSR count). The summed E-state index contributed by atoms with van der Waals surface area (Å²) in [5.41, 5.74) is 2.00. The van der Waals surface area contributed by atoms with Gasteiger partial charge in [-0.15, -0.1) is 0 Å². The zero-order valence-corrected chi connectivity index (χ0v) is 11.0. The molecular formula is C17H15FO2. The van der Waals surface area contributed by atoms with E-state index >= 15 is 0 Å². The van der Waals surface area contributed by atoms with Crippen molar-refractivity contribution in [3.05, 3.63) is 77.6 Å². The molecule has 20 heavy (non-hydrogen) atoms. The summed E-state index contributed by atoms with van der Waals surface area (Å²) in [5, 5.41) is 0. The van der Waals surface area contributed by atoms with E-state index in [9.17, 15) is 9.18 Å². The van der Waals surface area contributed by atoms with Crippen molar-refractivity contribution in [3.8, 4) is 0 Å². The van der Waals surface area contributed by atoms with E-state index in [-0.39, 0.29) is 13.0 Å². The predicted octanol–water partition coefficient (Wildman–Crippen LogP) is 3.75. The molecular weight excluding hydrogens is 255 g/mol. The first-order valence-electron chi connectivity index (χ1n) is 6.29. The molecule has 0 atom stereocenters. The standard InChI is InChI=1S/C17H15FO2/c1-2-13-8-9-16(18)15(10-13)11-17(19)20-12-14-6-4-3-5-7-14/h2-10H,1,11-12H2. The van der Waals surface area contributed by atoms with Gasteiger partial charge in [-0.2, -0.15) is 0 Å². The Bertz CT molecular complexity index is 606. The summed E-state index contributed by atoms with van der Waals surface area (Å²) in [6.45, 7) is 3.82. The summed E-state index contributed by atoms with van der Waals surface area (Å²) in [6, 6.07) is 13.9. The first-order chi connectivity index (χ1) is 9.69. The van der Waals surface area contributed by atoms with E-state index in [1.807, 2.05) is 30.3 Å². The van der Waals surface area contributed by atoms with Crippen LogP contribution in [0.3, 0.4) is 0 Å². The van der Waals surface area contributed by atoms with E-state index < -0.39 is 11.8 Å². The normalized spacial score (nSPS) is 10.1. The first-order valence-corrected chi connectivity index (χ1v) is 6.29. The average Bonchev–Trinajstić information content (AvgIpc) is 2.48. The molecule has 3 heteroatoms. The smallest absolute Gasteiger partial charge is 0.310 e. The first kappa shape index (κ1) is 14.0. The van der Waals surface area contributed by atoms with Gasteiger partial charge in [0.2, 0.25) is 0 Å². The molecule has 0 aliphatic carbocycles. The highest BCUT2D eigenvalue weighted by molar-refractivity contribution is 5.73. The summed E-state index contributed by atoms with van der Waals surface area (Å²) < 4.78 is 18.7. The number of hydrogen-bond donors (Lipinski definition) is 0. The summed E-state index contributed by atoms with van der Waals surface area (Å²) >= 11 is 0. The lowest BCUT2D eigenvalue weighted by molar-refractivity contribution is -0.144. The van der Waals surface area contributed by atoms with Crippen molar-refractivity contribution >= 4 is 12.0 Å². The van der Waals surface area contributed by atoms with Crippen LogP contribution in [0.4, 0.5) is 4.39 Å². The van der Waals surface area contributed by atoms with Crippen molar-refractivity contribution in [2.24, 2.45) is 0 Å². The van der Waals surface area contributed by atoms with Gasteiger partial charge in [-0.25, -0.2) is 4.39 Å². The Balaban J connectivity index is 1.96. The Morgan fingerprint density at radius 3 is 2.65 bits per heavy atom. The van der Waals surface area contributed by atoms with Crippen molar-refractivity contribution in [3.63, 3.8) is 0 Å². The molecule has 0 spiro atoms. The summed E-state index contributed by atoms with van der Waals surface area (Å²) in [7, 11) is 0. The van der Waals surface area contributed by atoms with Gasteiger partial charge in [-0.3, -0.25) is 4.79 Å². The maximum atomic E-state index is 13.6. The third-order valence-electron chi connectivity index (χ3n) is 2.88. The number of halogens is 1. The number of esters is 1. The highest BCUT2D eigenvalue weighted by atomic mass is 19.1. The monoisotopic (exact) mass is 270 g/mol. The maximum absolute atomic E-state index is 13.6. The molecule has 2 nitrogen and oxygen atoms in total. The second-order valence-corrected chi connectivity index (χ2v) is 4.38. The van der Waals surface area contributed by atoms with E-state index in [4.69, 9.17) is 4.74 Å². The number of benzene rings is 2. The topological polar surface area (TPSA) is 26.3 Å². The highest BCUT2D eigenvalue weighted by Gasteiger charge is 2.10. The lowest BCUT2D eigenvalue weighted by atomic mass is 10.1. The fourth-order valence-corrected chi connectivity index (χ4v) is 1.80. The third-order valence-corrected chi connectivity index (χ3v) is 2.88.